The van der Waals surface area contributed by atoms with Crippen molar-refractivity contribution in [2.45, 2.75) is 26.3 Å². The van der Waals surface area contributed by atoms with Crippen molar-refractivity contribution >= 4 is 22.6 Å². The number of aryl methyl sites for hydroxylation is 1. The number of nitrogens with one attached hydrogen (secondary N) is 1. The molecule has 0 radical (unpaired) electrons. The summed E-state index contributed by atoms with van der Waals surface area (Å²) in [6.07, 6.45) is 1.96. The fraction of sp³-hybridized carbons (Fsp3) is 0.467. The number of anilines is 1. The Labute approximate surface area is 132 Å². The zero-order chi connectivity index (χ0) is 17.3. The molecule has 3 N–H and O–H groups in total. The molecule has 0 aromatic carbocycles. The van der Waals surface area contributed by atoms with Crippen molar-refractivity contribution < 1.29 is 4.79 Å². The smallest absolute Gasteiger partial charge is 0.323 e. The summed E-state index contributed by atoms with van der Waals surface area (Å²) in [5, 5.41) is 2.91. The number of fused-ring (bicyclic) bond motifs is 1. The van der Waals surface area contributed by atoms with Crippen LogP contribution in [0.25, 0.3) is 11.0 Å². The van der Waals surface area contributed by atoms with Crippen molar-refractivity contribution in [1.82, 2.24) is 14.1 Å². The number of nitrogens with zero attached hydrogens (tertiary/aromatic N) is 3. The largest absolute Gasteiger partial charge is 0.332 e. The van der Waals surface area contributed by atoms with Crippen LogP contribution in [0.4, 0.5) is 5.69 Å². The number of carbonyl (C=O) groups is 1. The van der Waals surface area contributed by atoms with E-state index in [1.165, 1.54) is 30.9 Å². The number of amides is 1. The van der Waals surface area contributed by atoms with Gasteiger partial charge < -0.3 is 11.1 Å². The topological polar surface area (TPSA) is 112 Å². The van der Waals surface area contributed by atoms with E-state index >= 15 is 0 Å². The number of hydrogen-bond acceptors (Lipinski definition) is 5. The minimum absolute atomic E-state index is 0.254. The summed E-state index contributed by atoms with van der Waals surface area (Å²) in [6, 6.07) is 0.873. The second-order valence-electron chi connectivity index (χ2n) is 6.03. The van der Waals surface area contributed by atoms with Gasteiger partial charge >= 0.3 is 5.69 Å². The number of hydrogen-bond donors (Lipinski definition) is 2. The second-order valence-corrected chi connectivity index (χ2v) is 6.03. The summed E-state index contributed by atoms with van der Waals surface area (Å²) in [4.78, 5) is 40.2. The minimum atomic E-state index is -0.631. The van der Waals surface area contributed by atoms with Gasteiger partial charge in [0.2, 0.25) is 5.91 Å². The Balaban J connectivity index is 2.40. The maximum Gasteiger partial charge on any atom is 0.332 e. The van der Waals surface area contributed by atoms with Crippen LogP contribution in [0.3, 0.4) is 0 Å². The van der Waals surface area contributed by atoms with Gasteiger partial charge in [-0.3, -0.25) is 18.7 Å². The third-order valence-electron chi connectivity index (χ3n) is 3.62. The molecule has 124 valence electrons. The molecule has 0 saturated heterocycles. The highest BCUT2D eigenvalue weighted by Gasteiger charge is 2.16. The quantitative estimate of drug-likeness (QED) is 0.820. The van der Waals surface area contributed by atoms with Crippen LogP contribution in [0.5, 0.6) is 0 Å². The molecule has 8 heteroatoms. The van der Waals surface area contributed by atoms with E-state index in [-0.39, 0.29) is 16.9 Å². The molecule has 0 fully saturated rings. The summed E-state index contributed by atoms with van der Waals surface area (Å²) in [5.74, 6) is -0.0335. The summed E-state index contributed by atoms with van der Waals surface area (Å²) in [6.45, 7) is 3.96. The van der Waals surface area contributed by atoms with E-state index in [9.17, 15) is 14.4 Å². The van der Waals surface area contributed by atoms with Crippen molar-refractivity contribution in [3.05, 3.63) is 33.1 Å². The number of rotatable bonds is 4. The van der Waals surface area contributed by atoms with Crippen LogP contribution in [-0.2, 0) is 18.9 Å². The molecule has 0 bridgehead atoms. The average molecular weight is 319 g/mol. The highest BCUT2D eigenvalue weighted by atomic mass is 16.2. The van der Waals surface area contributed by atoms with E-state index in [2.05, 4.69) is 10.3 Å². The van der Waals surface area contributed by atoms with Gasteiger partial charge in [-0.1, -0.05) is 13.8 Å². The Morgan fingerprint density at radius 2 is 1.96 bits per heavy atom. The fourth-order valence-electron chi connectivity index (χ4n) is 2.38. The van der Waals surface area contributed by atoms with Crippen molar-refractivity contribution in [1.29, 1.82) is 0 Å². The molecule has 0 unspecified atom stereocenters. The molecule has 0 aliphatic heterocycles. The van der Waals surface area contributed by atoms with Crippen molar-refractivity contribution in [3.63, 3.8) is 0 Å². The third kappa shape index (κ3) is 3.31. The first-order valence-electron chi connectivity index (χ1n) is 7.34. The Morgan fingerprint density at radius 3 is 2.57 bits per heavy atom. The first-order chi connectivity index (χ1) is 10.7. The van der Waals surface area contributed by atoms with Crippen LogP contribution < -0.4 is 22.3 Å². The number of aromatic nitrogens is 3. The van der Waals surface area contributed by atoms with Gasteiger partial charge in [0.05, 0.1) is 23.3 Å². The monoisotopic (exact) mass is 319 g/mol. The SMILES string of the molecule is CC(C)C[C@H](N)C(=O)Nc1cnc2c(c1)c(=O)n(C)c(=O)n2C. The van der Waals surface area contributed by atoms with Gasteiger partial charge in [0.25, 0.3) is 5.56 Å². The van der Waals surface area contributed by atoms with Crippen LogP contribution in [0.2, 0.25) is 0 Å². The zero-order valence-electron chi connectivity index (χ0n) is 13.7. The van der Waals surface area contributed by atoms with E-state index < -0.39 is 17.3 Å². The number of pyridine rings is 1. The zero-order valence-corrected chi connectivity index (χ0v) is 13.7. The van der Waals surface area contributed by atoms with Crippen LogP contribution in [0.15, 0.2) is 21.9 Å². The summed E-state index contributed by atoms with van der Waals surface area (Å²) in [5.41, 5.74) is 5.56. The van der Waals surface area contributed by atoms with Crippen LogP contribution in [0.1, 0.15) is 20.3 Å². The molecule has 2 heterocycles. The molecule has 0 aliphatic carbocycles. The Bertz CT molecular complexity index is 866. The molecule has 8 nitrogen and oxygen atoms in total. The molecule has 2 aromatic heterocycles. The predicted octanol–water partition coefficient (Wildman–Crippen LogP) is -0.0559. The summed E-state index contributed by atoms with van der Waals surface area (Å²) >= 11 is 0. The third-order valence-corrected chi connectivity index (χ3v) is 3.62. The normalized spacial score (nSPS) is 12.6. The lowest BCUT2D eigenvalue weighted by molar-refractivity contribution is -0.117. The molecule has 0 aliphatic rings. The van der Waals surface area contributed by atoms with E-state index in [0.717, 1.165) is 4.57 Å². The van der Waals surface area contributed by atoms with Crippen LogP contribution >= 0.6 is 0 Å². The van der Waals surface area contributed by atoms with Gasteiger partial charge in [0.1, 0.15) is 5.65 Å². The lowest BCUT2D eigenvalue weighted by Gasteiger charge is -2.14. The van der Waals surface area contributed by atoms with E-state index in [1.807, 2.05) is 13.8 Å². The van der Waals surface area contributed by atoms with Crippen molar-refractivity contribution in [2.24, 2.45) is 25.7 Å². The summed E-state index contributed by atoms with van der Waals surface area (Å²) < 4.78 is 2.28. The first kappa shape index (κ1) is 16.9. The van der Waals surface area contributed by atoms with Gasteiger partial charge in [-0.2, -0.15) is 0 Å². The Hall–Kier alpha value is -2.48. The standard InChI is InChI=1S/C15H21N5O3/c1-8(2)5-11(16)13(21)18-9-6-10-12(17-7-9)19(3)15(23)20(4)14(10)22/h6-8,11H,5,16H2,1-4H3,(H,18,21)/t11-/m0/s1. The summed E-state index contributed by atoms with van der Waals surface area (Å²) in [7, 11) is 2.93. The molecule has 1 atom stereocenters. The Morgan fingerprint density at radius 1 is 1.30 bits per heavy atom. The highest BCUT2D eigenvalue weighted by Crippen LogP contribution is 2.13. The molecule has 2 rings (SSSR count). The van der Waals surface area contributed by atoms with Gasteiger partial charge in [-0.05, 0) is 18.4 Å². The van der Waals surface area contributed by atoms with E-state index in [0.29, 0.717) is 18.0 Å². The van der Waals surface area contributed by atoms with Gasteiger partial charge in [-0.25, -0.2) is 9.78 Å². The molecule has 0 saturated carbocycles. The highest BCUT2D eigenvalue weighted by molar-refractivity contribution is 5.95. The maximum absolute atomic E-state index is 12.2. The molecule has 1 amide bonds. The molecular formula is C15H21N5O3. The predicted molar refractivity (Wildman–Crippen MR) is 88.3 cm³/mol. The number of carbonyl (C=O) groups excluding carboxylic acids is 1. The maximum atomic E-state index is 12.2. The molecule has 23 heavy (non-hydrogen) atoms. The average Bonchev–Trinajstić information content (AvgIpc) is 2.50. The van der Waals surface area contributed by atoms with Crippen LogP contribution in [-0.4, -0.2) is 26.1 Å². The van der Waals surface area contributed by atoms with Gasteiger partial charge in [0.15, 0.2) is 0 Å². The minimum Gasteiger partial charge on any atom is -0.323 e. The van der Waals surface area contributed by atoms with Gasteiger partial charge in [-0.15, -0.1) is 0 Å². The van der Waals surface area contributed by atoms with E-state index in [4.69, 9.17) is 5.73 Å². The second kappa shape index (κ2) is 6.33. The lowest BCUT2D eigenvalue weighted by atomic mass is 10.0. The molecular weight excluding hydrogens is 298 g/mol. The Kier molecular flexibility index (Phi) is 4.65. The van der Waals surface area contributed by atoms with Crippen molar-refractivity contribution in [3.8, 4) is 0 Å². The van der Waals surface area contributed by atoms with Crippen molar-refractivity contribution in [2.75, 3.05) is 5.32 Å². The first-order valence-corrected chi connectivity index (χ1v) is 7.34. The van der Waals surface area contributed by atoms with E-state index in [1.54, 1.807) is 0 Å². The van der Waals surface area contributed by atoms with Crippen LogP contribution in [0, 0.1) is 5.92 Å². The fourth-order valence-corrected chi connectivity index (χ4v) is 2.38. The number of nitrogens with two attached hydrogens (primary N) is 1. The lowest BCUT2D eigenvalue weighted by Crippen LogP contribution is -2.38. The molecule has 2 aromatic rings. The molecule has 0 spiro atoms. The van der Waals surface area contributed by atoms with Gasteiger partial charge in [0, 0.05) is 14.1 Å².